The number of hydrogen-bond acceptors (Lipinski definition) is 2. The summed E-state index contributed by atoms with van der Waals surface area (Å²) in [6, 6.07) is 2.39. The molecule has 0 aromatic rings. The summed E-state index contributed by atoms with van der Waals surface area (Å²) in [5.74, 6) is 2.46. The van der Waals surface area contributed by atoms with Crippen LogP contribution in [0.5, 0.6) is 0 Å². The number of hydrogen-bond donors (Lipinski definition) is 0. The zero-order chi connectivity index (χ0) is 14.4. The molecule has 6 atom stereocenters. The summed E-state index contributed by atoms with van der Waals surface area (Å²) >= 11 is 0. The number of ether oxygens (including phenoxy) is 1. The van der Waals surface area contributed by atoms with Crippen LogP contribution in [-0.2, 0) is 4.74 Å². The van der Waals surface area contributed by atoms with Gasteiger partial charge in [0, 0.05) is 6.42 Å². The van der Waals surface area contributed by atoms with Gasteiger partial charge in [-0.05, 0) is 61.8 Å². The Morgan fingerprint density at radius 3 is 2.10 bits per heavy atom. The van der Waals surface area contributed by atoms with E-state index in [1.807, 2.05) is 6.92 Å². The third-order valence-electron chi connectivity index (χ3n) is 7.43. The van der Waals surface area contributed by atoms with Crippen LogP contribution >= 0.6 is 0 Å². The Hall–Kier alpha value is -0.333. The van der Waals surface area contributed by atoms with Gasteiger partial charge in [-0.25, -0.2) is 0 Å². The van der Waals surface area contributed by atoms with Gasteiger partial charge < -0.3 is 4.74 Å². The van der Waals surface area contributed by atoms with Crippen molar-refractivity contribution in [3.8, 4) is 6.07 Å². The van der Waals surface area contributed by atoms with Gasteiger partial charge in [0.25, 0.3) is 0 Å². The molecule has 5 rings (SSSR count). The van der Waals surface area contributed by atoms with Crippen LogP contribution < -0.4 is 0 Å². The van der Waals surface area contributed by atoms with E-state index in [-0.39, 0.29) is 5.60 Å². The third-order valence-corrected chi connectivity index (χ3v) is 11.2. The Bertz CT molecular complexity index is 476. The largest absolute Gasteiger partial charge is 0.353 e. The van der Waals surface area contributed by atoms with E-state index in [4.69, 9.17) is 4.74 Å². The van der Waals surface area contributed by atoms with Gasteiger partial charge in [-0.15, -0.1) is 0 Å². The normalized spacial score (nSPS) is 56.6. The fraction of sp³-hybridized carbons (Fsp3) is 0.941. The van der Waals surface area contributed by atoms with Crippen molar-refractivity contribution >= 4 is 8.07 Å². The molecule has 1 saturated heterocycles. The van der Waals surface area contributed by atoms with Crippen molar-refractivity contribution in [2.24, 2.45) is 17.8 Å². The minimum Gasteiger partial charge on any atom is -0.353 e. The van der Waals surface area contributed by atoms with Crippen LogP contribution in [0.2, 0.25) is 24.7 Å². The molecule has 0 aromatic carbocycles. The van der Waals surface area contributed by atoms with Crippen molar-refractivity contribution in [1.29, 1.82) is 5.26 Å². The van der Waals surface area contributed by atoms with Crippen molar-refractivity contribution in [2.75, 3.05) is 0 Å². The molecule has 3 unspecified atom stereocenters. The number of nitrogens with zero attached hydrogens (tertiary/aromatic N) is 1. The molecule has 20 heavy (non-hydrogen) atoms. The number of rotatable bonds is 1. The summed E-state index contributed by atoms with van der Waals surface area (Å²) < 4.78 is 6.35. The predicted molar refractivity (Wildman–Crippen MR) is 82.0 cm³/mol. The van der Waals surface area contributed by atoms with Gasteiger partial charge in [0.1, 0.15) is 0 Å². The lowest BCUT2D eigenvalue weighted by atomic mass is 9.46. The first kappa shape index (κ1) is 13.3. The molecular formula is C17H27NOSi. The highest BCUT2D eigenvalue weighted by Gasteiger charge is 2.71. The second-order valence-electron chi connectivity index (χ2n) is 9.45. The Kier molecular flexibility index (Phi) is 2.35. The van der Waals surface area contributed by atoms with E-state index >= 15 is 0 Å². The van der Waals surface area contributed by atoms with Crippen molar-refractivity contribution in [3.63, 3.8) is 0 Å². The summed E-state index contributed by atoms with van der Waals surface area (Å²) in [7, 11) is -1.12. The standard InChI is InChI=1S/C17H27NOSi/c1-15(11-18)10-17(19-15)13-5-12-6-14(17)9-16(7-12,8-13)20(2,3)4/h12-14H,5-10H2,1-4H3/t12?,13-,14+,15-,16?,17?/m0/s1. The van der Waals surface area contributed by atoms with Gasteiger partial charge in [0.05, 0.1) is 19.7 Å². The van der Waals surface area contributed by atoms with Gasteiger partial charge in [0.15, 0.2) is 5.60 Å². The first-order chi connectivity index (χ1) is 9.22. The zero-order valence-corrected chi connectivity index (χ0v) is 14.3. The molecule has 1 aliphatic heterocycles. The zero-order valence-electron chi connectivity index (χ0n) is 13.3. The third kappa shape index (κ3) is 1.43. The van der Waals surface area contributed by atoms with Gasteiger partial charge in [-0.2, -0.15) is 5.26 Å². The molecule has 2 nitrogen and oxygen atoms in total. The average molecular weight is 289 g/mol. The van der Waals surface area contributed by atoms with Gasteiger partial charge in [-0.1, -0.05) is 19.6 Å². The summed E-state index contributed by atoms with van der Waals surface area (Å²) in [6.45, 7) is 9.72. The lowest BCUT2D eigenvalue weighted by Gasteiger charge is -2.72. The molecule has 0 aromatic heterocycles. The van der Waals surface area contributed by atoms with Crippen LogP contribution in [0, 0.1) is 29.1 Å². The van der Waals surface area contributed by atoms with Gasteiger partial charge in [-0.3, -0.25) is 0 Å². The maximum atomic E-state index is 9.30. The molecule has 1 spiro atoms. The minimum absolute atomic E-state index is 0.102. The topological polar surface area (TPSA) is 33.0 Å². The molecule has 5 fully saturated rings. The molecular weight excluding hydrogens is 262 g/mol. The van der Waals surface area contributed by atoms with Gasteiger partial charge >= 0.3 is 0 Å². The summed E-state index contributed by atoms with van der Waals surface area (Å²) in [4.78, 5) is 0. The van der Waals surface area contributed by atoms with Crippen molar-refractivity contribution in [2.45, 2.75) is 81.3 Å². The van der Waals surface area contributed by atoms with Crippen LogP contribution in [0.3, 0.4) is 0 Å². The molecule has 0 amide bonds. The van der Waals surface area contributed by atoms with Crippen LogP contribution in [0.1, 0.15) is 45.4 Å². The summed E-state index contributed by atoms with van der Waals surface area (Å²) in [6.07, 6.45) is 8.06. The summed E-state index contributed by atoms with van der Waals surface area (Å²) in [5, 5.41) is 9.97. The molecule has 1 heterocycles. The van der Waals surface area contributed by atoms with Crippen molar-refractivity contribution in [3.05, 3.63) is 0 Å². The van der Waals surface area contributed by atoms with Crippen LogP contribution in [-0.4, -0.2) is 19.3 Å². The SMILES string of the molecule is C[C@@]1(C#N)CC2(O1)[C@@H]1CC3C[C@H]2CC([Si](C)(C)C)(C3)C1. The maximum Gasteiger partial charge on any atom is 0.155 e. The van der Waals surface area contributed by atoms with Crippen molar-refractivity contribution in [1.82, 2.24) is 0 Å². The molecule has 0 radical (unpaired) electrons. The molecule has 110 valence electrons. The smallest absolute Gasteiger partial charge is 0.155 e. The Labute approximate surface area is 123 Å². The molecule has 4 bridgehead atoms. The van der Waals surface area contributed by atoms with Crippen LogP contribution in [0.4, 0.5) is 0 Å². The molecule has 5 aliphatic rings. The maximum absolute atomic E-state index is 9.30. The molecule has 3 heteroatoms. The Morgan fingerprint density at radius 1 is 1.10 bits per heavy atom. The van der Waals surface area contributed by atoms with E-state index in [9.17, 15) is 5.26 Å². The monoisotopic (exact) mass is 289 g/mol. The fourth-order valence-electron chi connectivity index (χ4n) is 6.43. The predicted octanol–water partition coefficient (Wildman–Crippen LogP) is 4.35. The van der Waals surface area contributed by atoms with E-state index in [1.54, 1.807) is 0 Å². The highest BCUT2D eigenvalue weighted by molar-refractivity contribution is 6.79. The fourth-order valence-corrected chi connectivity index (χ4v) is 9.05. The minimum atomic E-state index is -1.12. The Balaban J connectivity index is 1.67. The lowest BCUT2D eigenvalue weighted by molar-refractivity contribution is -0.324. The van der Waals surface area contributed by atoms with E-state index in [0.717, 1.165) is 24.2 Å². The highest BCUT2D eigenvalue weighted by Crippen LogP contribution is 2.74. The quantitative estimate of drug-likeness (QED) is 0.672. The highest BCUT2D eigenvalue weighted by atomic mass is 28.3. The average Bonchev–Trinajstić information content (AvgIpc) is 2.30. The van der Waals surface area contributed by atoms with E-state index < -0.39 is 13.7 Å². The Morgan fingerprint density at radius 2 is 1.65 bits per heavy atom. The van der Waals surface area contributed by atoms with Crippen molar-refractivity contribution < 1.29 is 4.74 Å². The first-order valence-electron chi connectivity index (χ1n) is 8.33. The van der Waals surface area contributed by atoms with Crippen LogP contribution in [0.25, 0.3) is 0 Å². The van der Waals surface area contributed by atoms with E-state index in [0.29, 0.717) is 5.04 Å². The lowest BCUT2D eigenvalue weighted by Crippen LogP contribution is -2.72. The molecule has 0 N–H and O–H groups in total. The van der Waals surface area contributed by atoms with Crippen LogP contribution in [0.15, 0.2) is 0 Å². The molecule has 4 aliphatic carbocycles. The van der Waals surface area contributed by atoms with Gasteiger partial charge in [0.2, 0.25) is 0 Å². The van der Waals surface area contributed by atoms with E-state index in [2.05, 4.69) is 25.7 Å². The first-order valence-corrected chi connectivity index (χ1v) is 11.8. The second kappa shape index (κ2) is 3.52. The molecule has 4 saturated carbocycles. The van der Waals surface area contributed by atoms with E-state index in [1.165, 1.54) is 32.1 Å². The summed E-state index contributed by atoms with van der Waals surface area (Å²) in [5.41, 5.74) is -0.383. The second-order valence-corrected chi connectivity index (χ2v) is 15.0. The number of nitriles is 1.